The maximum absolute atomic E-state index is 12.5. The molecule has 0 atom stereocenters. The molecule has 1 heterocycles. The van der Waals surface area contributed by atoms with Gasteiger partial charge in [-0.25, -0.2) is 0 Å². The molecule has 28 heavy (non-hydrogen) atoms. The van der Waals surface area contributed by atoms with E-state index in [0.29, 0.717) is 17.2 Å². The van der Waals surface area contributed by atoms with E-state index in [9.17, 15) is 9.59 Å². The van der Waals surface area contributed by atoms with E-state index >= 15 is 0 Å². The second-order valence-electron chi connectivity index (χ2n) is 7.73. The summed E-state index contributed by atoms with van der Waals surface area (Å²) in [4.78, 5) is 27.2. The van der Waals surface area contributed by atoms with Crippen LogP contribution in [0, 0.1) is 0 Å². The molecule has 1 saturated heterocycles. The summed E-state index contributed by atoms with van der Waals surface area (Å²) in [6.45, 7) is 2.21. The molecular formula is C23H27N3O2. The van der Waals surface area contributed by atoms with E-state index in [1.54, 1.807) is 24.3 Å². The Morgan fingerprint density at radius 2 is 1.32 bits per heavy atom. The molecule has 2 amide bonds. The largest absolute Gasteiger partial charge is 0.372 e. The number of hydrogen-bond donors (Lipinski definition) is 2. The highest BCUT2D eigenvalue weighted by molar-refractivity contribution is 6.05. The van der Waals surface area contributed by atoms with E-state index in [1.165, 1.54) is 31.4 Å². The lowest BCUT2D eigenvalue weighted by Gasteiger charge is -2.17. The molecule has 0 bridgehead atoms. The van der Waals surface area contributed by atoms with Crippen molar-refractivity contribution in [3.05, 3.63) is 59.7 Å². The van der Waals surface area contributed by atoms with Gasteiger partial charge in [0.1, 0.15) is 0 Å². The SMILES string of the molecule is O=C(Nc1ccc(N2CCCC2)cc1)c1ccc(C(=O)NC2CCCC2)cc1. The van der Waals surface area contributed by atoms with Crippen molar-refractivity contribution >= 4 is 23.2 Å². The molecule has 1 aliphatic carbocycles. The van der Waals surface area contributed by atoms with Crippen LogP contribution >= 0.6 is 0 Å². The molecule has 0 unspecified atom stereocenters. The van der Waals surface area contributed by atoms with Gasteiger partial charge in [-0.15, -0.1) is 0 Å². The predicted octanol–water partition coefficient (Wildman–Crippen LogP) is 4.21. The Morgan fingerprint density at radius 1 is 0.750 bits per heavy atom. The van der Waals surface area contributed by atoms with Crippen molar-refractivity contribution in [2.45, 2.75) is 44.6 Å². The molecule has 0 aromatic heterocycles. The molecule has 1 aliphatic heterocycles. The van der Waals surface area contributed by atoms with Gasteiger partial charge in [-0.1, -0.05) is 12.8 Å². The van der Waals surface area contributed by atoms with E-state index in [2.05, 4.69) is 27.7 Å². The molecule has 5 nitrogen and oxygen atoms in total. The summed E-state index contributed by atoms with van der Waals surface area (Å²) in [6.07, 6.45) is 6.97. The smallest absolute Gasteiger partial charge is 0.255 e. The first kappa shape index (κ1) is 18.5. The van der Waals surface area contributed by atoms with Crippen molar-refractivity contribution in [2.24, 2.45) is 0 Å². The van der Waals surface area contributed by atoms with Gasteiger partial charge in [0.25, 0.3) is 11.8 Å². The van der Waals surface area contributed by atoms with Gasteiger partial charge in [-0.05, 0) is 74.2 Å². The number of amides is 2. The summed E-state index contributed by atoms with van der Waals surface area (Å²) >= 11 is 0. The van der Waals surface area contributed by atoms with Crippen molar-refractivity contribution in [3.8, 4) is 0 Å². The summed E-state index contributed by atoms with van der Waals surface area (Å²) in [5.74, 6) is -0.229. The number of nitrogens with zero attached hydrogens (tertiary/aromatic N) is 1. The van der Waals surface area contributed by atoms with Gasteiger partial charge in [0.05, 0.1) is 0 Å². The number of carbonyl (C=O) groups excluding carboxylic acids is 2. The number of hydrogen-bond acceptors (Lipinski definition) is 3. The fraction of sp³-hybridized carbons (Fsp3) is 0.391. The first-order valence-electron chi connectivity index (χ1n) is 10.3. The lowest BCUT2D eigenvalue weighted by molar-refractivity contribution is 0.0936. The maximum Gasteiger partial charge on any atom is 0.255 e. The Kier molecular flexibility index (Phi) is 5.60. The summed E-state index contributed by atoms with van der Waals surface area (Å²) < 4.78 is 0. The maximum atomic E-state index is 12.5. The van der Waals surface area contributed by atoms with Crippen molar-refractivity contribution in [3.63, 3.8) is 0 Å². The van der Waals surface area contributed by atoms with Gasteiger partial charge >= 0.3 is 0 Å². The lowest BCUT2D eigenvalue weighted by atomic mass is 10.1. The van der Waals surface area contributed by atoms with Crippen LogP contribution in [-0.2, 0) is 0 Å². The molecule has 4 rings (SSSR count). The van der Waals surface area contributed by atoms with Crippen LogP contribution in [0.1, 0.15) is 59.2 Å². The third-order valence-corrected chi connectivity index (χ3v) is 5.70. The molecule has 2 N–H and O–H groups in total. The highest BCUT2D eigenvalue weighted by Crippen LogP contribution is 2.22. The lowest BCUT2D eigenvalue weighted by Crippen LogP contribution is -2.32. The van der Waals surface area contributed by atoms with Gasteiger partial charge in [0.15, 0.2) is 0 Å². The Bertz CT molecular complexity index is 818. The second-order valence-corrected chi connectivity index (χ2v) is 7.73. The minimum absolute atomic E-state index is 0.0589. The van der Waals surface area contributed by atoms with Crippen LogP contribution in [0.15, 0.2) is 48.5 Å². The highest BCUT2D eigenvalue weighted by atomic mass is 16.2. The zero-order valence-corrected chi connectivity index (χ0v) is 16.1. The fourth-order valence-corrected chi connectivity index (χ4v) is 4.05. The van der Waals surface area contributed by atoms with Crippen molar-refractivity contribution in [2.75, 3.05) is 23.3 Å². The summed E-state index contributed by atoms with van der Waals surface area (Å²) in [6, 6.07) is 15.1. The molecule has 2 aromatic rings. The zero-order valence-electron chi connectivity index (χ0n) is 16.1. The van der Waals surface area contributed by atoms with Crippen LogP contribution in [-0.4, -0.2) is 30.9 Å². The Balaban J connectivity index is 1.34. The molecule has 0 spiro atoms. The first-order valence-corrected chi connectivity index (χ1v) is 10.3. The Hall–Kier alpha value is -2.82. The normalized spacial score (nSPS) is 16.9. The molecular weight excluding hydrogens is 350 g/mol. The summed E-state index contributed by atoms with van der Waals surface area (Å²) in [7, 11) is 0. The monoisotopic (exact) mass is 377 g/mol. The van der Waals surface area contributed by atoms with Crippen molar-refractivity contribution in [1.29, 1.82) is 0 Å². The van der Waals surface area contributed by atoms with Crippen LogP contribution in [0.5, 0.6) is 0 Å². The second kappa shape index (κ2) is 8.46. The van der Waals surface area contributed by atoms with Crippen LogP contribution in [0.3, 0.4) is 0 Å². The van der Waals surface area contributed by atoms with Crippen molar-refractivity contribution in [1.82, 2.24) is 5.32 Å². The standard InChI is InChI=1S/C23H27N3O2/c27-22(24-19-5-1-2-6-19)17-7-9-18(10-8-17)23(28)25-20-11-13-21(14-12-20)26-15-3-4-16-26/h7-14,19H,1-6,15-16H2,(H,24,27)(H,25,28). The van der Waals surface area contributed by atoms with Gasteiger partial charge in [-0.3, -0.25) is 9.59 Å². The predicted molar refractivity (Wildman–Crippen MR) is 112 cm³/mol. The van der Waals surface area contributed by atoms with Crippen LogP contribution in [0.4, 0.5) is 11.4 Å². The molecule has 1 saturated carbocycles. The number of nitrogens with one attached hydrogen (secondary N) is 2. The molecule has 2 aliphatic rings. The van der Waals surface area contributed by atoms with E-state index in [4.69, 9.17) is 0 Å². The van der Waals surface area contributed by atoms with Crippen LogP contribution in [0.25, 0.3) is 0 Å². The van der Waals surface area contributed by atoms with E-state index in [1.807, 2.05) is 12.1 Å². The highest BCUT2D eigenvalue weighted by Gasteiger charge is 2.18. The topological polar surface area (TPSA) is 61.4 Å². The quantitative estimate of drug-likeness (QED) is 0.820. The van der Waals surface area contributed by atoms with E-state index in [-0.39, 0.29) is 11.8 Å². The zero-order chi connectivity index (χ0) is 19.3. The molecule has 146 valence electrons. The van der Waals surface area contributed by atoms with Gasteiger partial charge < -0.3 is 15.5 Å². The number of anilines is 2. The molecule has 5 heteroatoms. The summed E-state index contributed by atoms with van der Waals surface area (Å²) in [5, 5.41) is 5.99. The average Bonchev–Trinajstić information content (AvgIpc) is 3.43. The first-order chi connectivity index (χ1) is 13.7. The molecule has 2 fully saturated rings. The molecule has 0 radical (unpaired) electrons. The minimum atomic E-state index is -0.170. The van der Waals surface area contributed by atoms with Crippen LogP contribution in [0.2, 0.25) is 0 Å². The minimum Gasteiger partial charge on any atom is -0.372 e. The third-order valence-electron chi connectivity index (χ3n) is 5.70. The van der Waals surface area contributed by atoms with Crippen LogP contribution < -0.4 is 15.5 Å². The van der Waals surface area contributed by atoms with Gasteiger partial charge in [0, 0.05) is 41.6 Å². The Labute approximate surface area is 166 Å². The average molecular weight is 377 g/mol. The Morgan fingerprint density at radius 3 is 1.93 bits per heavy atom. The van der Waals surface area contributed by atoms with E-state index in [0.717, 1.165) is 31.6 Å². The number of rotatable bonds is 5. The molecule has 2 aromatic carbocycles. The fourth-order valence-electron chi connectivity index (χ4n) is 4.05. The van der Waals surface area contributed by atoms with Crippen molar-refractivity contribution < 1.29 is 9.59 Å². The number of carbonyl (C=O) groups is 2. The number of benzene rings is 2. The summed E-state index contributed by atoms with van der Waals surface area (Å²) in [5.41, 5.74) is 3.11. The third kappa shape index (κ3) is 4.35. The van der Waals surface area contributed by atoms with E-state index < -0.39 is 0 Å². The van der Waals surface area contributed by atoms with Gasteiger partial charge in [-0.2, -0.15) is 0 Å². The van der Waals surface area contributed by atoms with Gasteiger partial charge in [0.2, 0.25) is 0 Å².